The summed E-state index contributed by atoms with van der Waals surface area (Å²) in [7, 11) is 0. The molecule has 1 unspecified atom stereocenters. The minimum atomic E-state index is 0.297. The molecule has 2 rings (SSSR count). The van der Waals surface area contributed by atoms with Gasteiger partial charge in [-0.3, -0.25) is 0 Å². The minimum absolute atomic E-state index is 0.297. The van der Waals surface area contributed by atoms with Crippen LogP contribution >= 0.6 is 22.9 Å². The molecule has 0 fully saturated rings. The molecule has 4 heteroatoms. The Bertz CT molecular complexity index is 582. The van der Waals surface area contributed by atoms with E-state index in [1.165, 1.54) is 15.3 Å². The second-order valence-electron chi connectivity index (χ2n) is 4.98. The molecule has 1 N–H and O–H groups in total. The molecule has 21 heavy (non-hydrogen) atoms. The van der Waals surface area contributed by atoms with Gasteiger partial charge in [0.15, 0.2) is 0 Å². The fraction of sp³-hybridized carbons (Fsp3) is 0.412. The number of halogens is 1. The van der Waals surface area contributed by atoms with Gasteiger partial charge in [-0.2, -0.15) is 0 Å². The van der Waals surface area contributed by atoms with Gasteiger partial charge in [0, 0.05) is 15.8 Å². The predicted octanol–water partition coefficient (Wildman–Crippen LogP) is 5.21. The summed E-state index contributed by atoms with van der Waals surface area (Å²) >= 11 is 8.12. The Kier molecular flexibility index (Phi) is 6.09. The van der Waals surface area contributed by atoms with E-state index in [2.05, 4.69) is 44.3 Å². The van der Waals surface area contributed by atoms with Gasteiger partial charge < -0.3 is 10.1 Å². The minimum Gasteiger partial charge on any atom is -0.487 e. The molecular weight excluding hydrogens is 302 g/mol. The van der Waals surface area contributed by atoms with Crippen molar-refractivity contribution in [2.24, 2.45) is 0 Å². The van der Waals surface area contributed by atoms with Crippen molar-refractivity contribution in [1.29, 1.82) is 0 Å². The van der Waals surface area contributed by atoms with E-state index in [4.69, 9.17) is 16.3 Å². The maximum Gasteiger partial charge on any atom is 0.138 e. The molecule has 1 atom stereocenters. The van der Waals surface area contributed by atoms with Crippen molar-refractivity contribution in [3.63, 3.8) is 0 Å². The quantitative estimate of drug-likeness (QED) is 0.755. The van der Waals surface area contributed by atoms with Crippen LogP contribution in [0.2, 0.25) is 5.02 Å². The maximum absolute atomic E-state index is 6.32. The van der Waals surface area contributed by atoms with Crippen molar-refractivity contribution >= 4 is 22.9 Å². The molecule has 0 spiro atoms. The van der Waals surface area contributed by atoms with Crippen LogP contribution in [-0.2, 0) is 13.0 Å². The van der Waals surface area contributed by atoms with E-state index in [1.54, 1.807) is 11.3 Å². The summed E-state index contributed by atoms with van der Waals surface area (Å²) in [5, 5.41) is 4.05. The van der Waals surface area contributed by atoms with E-state index in [1.807, 2.05) is 12.1 Å². The van der Waals surface area contributed by atoms with Crippen LogP contribution < -0.4 is 10.1 Å². The Hall–Kier alpha value is -1.03. The topological polar surface area (TPSA) is 21.3 Å². The Morgan fingerprint density at radius 3 is 2.57 bits per heavy atom. The average Bonchev–Trinajstić information content (AvgIpc) is 2.94. The molecule has 0 aliphatic carbocycles. The van der Waals surface area contributed by atoms with Gasteiger partial charge in [0.2, 0.25) is 0 Å². The highest BCUT2D eigenvalue weighted by atomic mass is 35.5. The fourth-order valence-corrected chi connectivity index (χ4v) is 3.28. The number of benzene rings is 1. The first-order valence-electron chi connectivity index (χ1n) is 7.37. The van der Waals surface area contributed by atoms with Crippen LogP contribution in [0.1, 0.15) is 42.1 Å². The number of hydrogen-bond donors (Lipinski definition) is 1. The molecule has 1 heterocycles. The summed E-state index contributed by atoms with van der Waals surface area (Å²) in [5.41, 5.74) is 1.18. The number of rotatable bonds is 7. The smallest absolute Gasteiger partial charge is 0.138 e. The van der Waals surface area contributed by atoms with Crippen LogP contribution in [0.15, 0.2) is 30.3 Å². The summed E-state index contributed by atoms with van der Waals surface area (Å²) in [5.74, 6) is 0.746. The fourth-order valence-electron chi connectivity index (χ4n) is 2.17. The lowest BCUT2D eigenvalue weighted by Gasteiger charge is -2.14. The van der Waals surface area contributed by atoms with Gasteiger partial charge in [0.25, 0.3) is 0 Å². The number of nitrogens with one attached hydrogen (secondary N) is 1. The first-order valence-corrected chi connectivity index (χ1v) is 8.56. The molecule has 0 saturated heterocycles. The van der Waals surface area contributed by atoms with Crippen LogP contribution in [0.4, 0.5) is 0 Å². The number of thiophene rings is 1. The molecule has 114 valence electrons. The van der Waals surface area contributed by atoms with Gasteiger partial charge >= 0.3 is 0 Å². The van der Waals surface area contributed by atoms with Gasteiger partial charge in [0.05, 0.1) is 5.02 Å². The second-order valence-corrected chi connectivity index (χ2v) is 6.64. The van der Waals surface area contributed by atoms with Crippen molar-refractivity contribution < 1.29 is 4.74 Å². The van der Waals surface area contributed by atoms with Crippen molar-refractivity contribution in [1.82, 2.24) is 5.32 Å². The van der Waals surface area contributed by atoms with Crippen molar-refractivity contribution in [2.45, 2.75) is 39.8 Å². The zero-order valence-electron chi connectivity index (χ0n) is 12.8. The first-order chi connectivity index (χ1) is 10.1. The zero-order chi connectivity index (χ0) is 15.2. The van der Waals surface area contributed by atoms with E-state index in [-0.39, 0.29) is 0 Å². The lowest BCUT2D eigenvalue weighted by Crippen LogP contribution is -2.17. The lowest BCUT2D eigenvalue weighted by atomic mass is 10.1. The Morgan fingerprint density at radius 1 is 1.19 bits per heavy atom. The van der Waals surface area contributed by atoms with Crippen molar-refractivity contribution in [2.75, 3.05) is 6.54 Å². The normalized spacial score (nSPS) is 12.4. The Morgan fingerprint density at radius 2 is 1.95 bits per heavy atom. The largest absolute Gasteiger partial charge is 0.487 e. The number of hydrogen-bond acceptors (Lipinski definition) is 3. The van der Waals surface area contributed by atoms with Crippen LogP contribution in [0.3, 0.4) is 0 Å². The standard InChI is InChI=1S/C17H22ClNOS/c1-4-14-7-8-15(21-14)11-20-17-9-6-13(10-16(17)18)12(3)19-5-2/h6-10,12,19H,4-5,11H2,1-3H3. The van der Waals surface area contributed by atoms with Gasteiger partial charge in [-0.25, -0.2) is 0 Å². The molecule has 0 aliphatic rings. The van der Waals surface area contributed by atoms with Gasteiger partial charge in [-0.1, -0.05) is 31.5 Å². The predicted molar refractivity (Wildman–Crippen MR) is 91.6 cm³/mol. The lowest BCUT2D eigenvalue weighted by molar-refractivity contribution is 0.310. The molecule has 1 aromatic heterocycles. The molecule has 1 aromatic carbocycles. The van der Waals surface area contributed by atoms with E-state index >= 15 is 0 Å². The molecule has 2 aromatic rings. The van der Waals surface area contributed by atoms with E-state index in [9.17, 15) is 0 Å². The molecule has 0 radical (unpaired) electrons. The van der Waals surface area contributed by atoms with Gasteiger partial charge in [-0.15, -0.1) is 11.3 Å². The zero-order valence-corrected chi connectivity index (χ0v) is 14.4. The summed E-state index contributed by atoms with van der Waals surface area (Å²) in [6.45, 7) is 7.91. The van der Waals surface area contributed by atoms with Crippen LogP contribution in [0.25, 0.3) is 0 Å². The highest BCUT2D eigenvalue weighted by molar-refractivity contribution is 7.11. The molecule has 0 aliphatic heterocycles. The highest BCUT2D eigenvalue weighted by Gasteiger charge is 2.09. The van der Waals surface area contributed by atoms with Crippen LogP contribution in [-0.4, -0.2) is 6.54 Å². The van der Waals surface area contributed by atoms with Gasteiger partial charge in [-0.05, 0) is 49.7 Å². The summed E-state index contributed by atoms with van der Waals surface area (Å²) in [4.78, 5) is 2.61. The monoisotopic (exact) mass is 323 g/mol. The molecule has 0 saturated carbocycles. The Labute approximate surface area is 136 Å². The maximum atomic E-state index is 6.32. The van der Waals surface area contributed by atoms with Crippen molar-refractivity contribution in [3.8, 4) is 5.75 Å². The summed E-state index contributed by atoms with van der Waals surface area (Å²) in [6.07, 6.45) is 1.07. The third-order valence-corrected chi connectivity index (χ3v) is 4.90. The van der Waals surface area contributed by atoms with E-state index < -0.39 is 0 Å². The molecular formula is C17H22ClNOS. The Balaban J connectivity index is 2.00. The molecule has 0 amide bonds. The van der Waals surface area contributed by atoms with E-state index in [0.29, 0.717) is 17.7 Å². The SMILES string of the molecule is CCNC(C)c1ccc(OCc2ccc(CC)s2)c(Cl)c1. The highest BCUT2D eigenvalue weighted by Crippen LogP contribution is 2.29. The third kappa shape index (κ3) is 4.47. The summed E-state index contributed by atoms with van der Waals surface area (Å²) < 4.78 is 5.83. The summed E-state index contributed by atoms with van der Waals surface area (Å²) in [6, 6.07) is 10.6. The average molecular weight is 324 g/mol. The second kappa shape index (κ2) is 7.83. The molecule has 2 nitrogen and oxygen atoms in total. The first kappa shape index (κ1) is 16.3. The third-order valence-electron chi connectivity index (χ3n) is 3.40. The number of aryl methyl sites for hydroxylation is 1. The molecule has 0 bridgehead atoms. The number of ether oxygens (including phenoxy) is 1. The van der Waals surface area contributed by atoms with Crippen molar-refractivity contribution in [3.05, 3.63) is 50.7 Å². The van der Waals surface area contributed by atoms with E-state index in [0.717, 1.165) is 18.7 Å². The van der Waals surface area contributed by atoms with Crippen LogP contribution in [0.5, 0.6) is 5.75 Å². The van der Waals surface area contributed by atoms with Gasteiger partial charge in [0.1, 0.15) is 12.4 Å². The van der Waals surface area contributed by atoms with Crippen LogP contribution in [0, 0.1) is 0 Å².